The molecule has 0 bridgehead atoms. The summed E-state index contributed by atoms with van der Waals surface area (Å²) in [5.41, 5.74) is -3.23. The number of aliphatic hydroxyl groups excluding tert-OH is 3. The van der Waals surface area contributed by atoms with Crippen LogP contribution in [0.4, 0.5) is 0 Å². The SMILES string of the molecule is O=C(C[C@@]1(n2ccc(=O)[nH]c2=O)O[C@H](CO)[C@@H](O)[C@H]1O)c1ccccc1. The number of carbonyl (C=O) groups is 1. The molecule has 4 atom stereocenters. The highest BCUT2D eigenvalue weighted by Gasteiger charge is 2.56. The Morgan fingerprint density at radius 1 is 1.19 bits per heavy atom. The van der Waals surface area contributed by atoms with Crippen LogP contribution in [0.15, 0.2) is 52.2 Å². The highest BCUT2D eigenvalue weighted by molar-refractivity contribution is 5.96. The van der Waals surface area contributed by atoms with Gasteiger partial charge in [-0.25, -0.2) is 4.79 Å². The normalized spacial score (nSPS) is 28.2. The smallest absolute Gasteiger partial charge is 0.330 e. The minimum Gasteiger partial charge on any atom is -0.394 e. The van der Waals surface area contributed by atoms with E-state index in [0.29, 0.717) is 5.56 Å². The van der Waals surface area contributed by atoms with Gasteiger partial charge in [-0.2, -0.15) is 0 Å². The molecule has 1 aliphatic rings. The van der Waals surface area contributed by atoms with Crippen molar-refractivity contribution in [3.63, 3.8) is 0 Å². The van der Waals surface area contributed by atoms with Crippen LogP contribution in [0.25, 0.3) is 0 Å². The van der Waals surface area contributed by atoms with Crippen molar-refractivity contribution in [2.75, 3.05) is 6.61 Å². The first kappa shape index (κ1) is 18.2. The number of ether oxygens (including phenoxy) is 1. The Kier molecular flexibility index (Phi) is 4.88. The predicted octanol–water partition coefficient (Wildman–Crippen LogP) is -1.42. The topological polar surface area (TPSA) is 142 Å². The molecule has 26 heavy (non-hydrogen) atoms. The molecule has 4 N–H and O–H groups in total. The average Bonchev–Trinajstić information content (AvgIpc) is 2.87. The van der Waals surface area contributed by atoms with Crippen LogP contribution in [0.3, 0.4) is 0 Å². The molecule has 1 fully saturated rings. The lowest BCUT2D eigenvalue weighted by Gasteiger charge is -2.33. The van der Waals surface area contributed by atoms with Crippen LogP contribution in [-0.2, 0) is 10.5 Å². The van der Waals surface area contributed by atoms with Gasteiger partial charge < -0.3 is 20.1 Å². The lowest BCUT2D eigenvalue weighted by Crippen LogP contribution is -2.52. The van der Waals surface area contributed by atoms with Crippen molar-refractivity contribution in [3.05, 3.63) is 69.0 Å². The fourth-order valence-electron chi connectivity index (χ4n) is 3.12. The number of nitrogens with zero attached hydrogens (tertiary/aromatic N) is 1. The molecular weight excluding hydrogens is 344 g/mol. The fourth-order valence-corrected chi connectivity index (χ4v) is 3.12. The van der Waals surface area contributed by atoms with Crippen molar-refractivity contribution in [2.24, 2.45) is 0 Å². The van der Waals surface area contributed by atoms with E-state index in [0.717, 1.165) is 16.8 Å². The van der Waals surface area contributed by atoms with Crippen LogP contribution in [0, 0.1) is 0 Å². The number of nitrogens with one attached hydrogen (secondary N) is 1. The van der Waals surface area contributed by atoms with Gasteiger partial charge in [0.2, 0.25) is 0 Å². The quantitative estimate of drug-likeness (QED) is 0.478. The van der Waals surface area contributed by atoms with Gasteiger partial charge in [0.15, 0.2) is 11.5 Å². The summed E-state index contributed by atoms with van der Waals surface area (Å²) in [5.74, 6) is -0.450. The van der Waals surface area contributed by atoms with Crippen LogP contribution < -0.4 is 11.2 Å². The zero-order valence-corrected chi connectivity index (χ0v) is 13.6. The Labute approximate surface area is 147 Å². The van der Waals surface area contributed by atoms with Gasteiger partial charge in [-0.3, -0.25) is 19.1 Å². The molecular formula is C17H18N2O7. The number of hydrogen-bond acceptors (Lipinski definition) is 7. The van der Waals surface area contributed by atoms with Crippen molar-refractivity contribution >= 4 is 5.78 Å². The number of rotatable bonds is 5. The molecule has 9 heteroatoms. The molecule has 138 valence electrons. The first-order valence-corrected chi connectivity index (χ1v) is 7.94. The molecule has 2 aromatic rings. The zero-order chi connectivity index (χ0) is 18.9. The van der Waals surface area contributed by atoms with E-state index in [1.54, 1.807) is 30.3 Å². The molecule has 9 nitrogen and oxygen atoms in total. The molecule has 0 aliphatic carbocycles. The summed E-state index contributed by atoms with van der Waals surface area (Å²) in [6.07, 6.45) is -3.82. The third kappa shape index (κ3) is 3.01. The Hall–Kier alpha value is -2.59. The standard InChI is InChI=1S/C17H18N2O7/c20-9-12-14(23)15(24)17(26-12,19-7-6-13(22)18-16(19)25)8-11(21)10-4-2-1-3-5-10/h1-7,12,14-15,20,23-24H,8-9H2,(H,18,22,25)/t12-,14-,15-,17-/m1/s1. The third-order valence-electron chi connectivity index (χ3n) is 4.44. The lowest BCUT2D eigenvalue weighted by atomic mass is 9.94. The minimum absolute atomic E-state index is 0.321. The summed E-state index contributed by atoms with van der Waals surface area (Å²) in [4.78, 5) is 38.3. The molecule has 1 aromatic carbocycles. The van der Waals surface area contributed by atoms with Crippen LogP contribution in [0.5, 0.6) is 0 Å². The molecule has 1 aliphatic heterocycles. The number of ketones is 1. The van der Waals surface area contributed by atoms with Crippen LogP contribution >= 0.6 is 0 Å². The predicted molar refractivity (Wildman–Crippen MR) is 88.7 cm³/mol. The number of aromatic amines is 1. The van der Waals surface area contributed by atoms with Gasteiger partial charge in [-0.1, -0.05) is 30.3 Å². The van der Waals surface area contributed by atoms with E-state index in [4.69, 9.17) is 4.74 Å². The van der Waals surface area contributed by atoms with E-state index in [-0.39, 0.29) is 0 Å². The van der Waals surface area contributed by atoms with Crippen LogP contribution in [-0.4, -0.2) is 55.6 Å². The Morgan fingerprint density at radius 3 is 2.46 bits per heavy atom. The minimum atomic E-state index is -1.97. The van der Waals surface area contributed by atoms with E-state index in [9.17, 15) is 29.7 Å². The number of H-pyrrole nitrogens is 1. The average molecular weight is 362 g/mol. The molecule has 0 spiro atoms. The van der Waals surface area contributed by atoms with E-state index in [1.807, 2.05) is 4.98 Å². The zero-order valence-electron chi connectivity index (χ0n) is 13.6. The van der Waals surface area contributed by atoms with Crippen molar-refractivity contribution in [1.82, 2.24) is 9.55 Å². The van der Waals surface area contributed by atoms with E-state index < -0.39 is 54.1 Å². The largest absolute Gasteiger partial charge is 0.394 e. The molecule has 0 saturated carbocycles. The summed E-state index contributed by atoms with van der Waals surface area (Å²) < 4.78 is 6.45. The first-order chi connectivity index (χ1) is 12.4. The molecule has 0 unspecified atom stereocenters. The fraction of sp³-hybridized carbons (Fsp3) is 0.353. The maximum atomic E-state index is 12.7. The maximum absolute atomic E-state index is 12.7. The number of Topliss-reactive ketones (excluding diaryl/α,β-unsaturated/α-hetero) is 1. The van der Waals surface area contributed by atoms with Crippen LogP contribution in [0.2, 0.25) is 0 Å². The number of carbonyl (C=O) groups excluding carboxylic acids is 1. The van der Waals surface area contributed by atoms with Gasteiger partial charge in [-0.15, -0.1) is 0 Å². The summed E-state index contributed by atoms with van der Waals surface area (Å²) in [6.45, 7) is -0.627. The van der Waals surface area contributed by atoms with Crippen molar-refractivity contribution in [1.29, 1.82) is 0 Å². The van der Waals surface area contributed by atoms with E-state index in [1.165, 1.54) is 0 Å². The van der Waals surface area contributed by atoms with Crippen molar-refractivity contribution < 1.29 is 24.9 Å². The molecule has 1 saturated heterocycles. The molecule has 0 radical (unpaired) electrons. The van der Waals surface area contributed by atoms with Gasteiger partial charge in [0, 0.05) is 17.8 Å². The molecule has 0 amide bonds. The number of hydrogen-bond donors (Lipinski definition) is 4. The number of aliphatic hydroxyl groups is 3. The van der Waals surface area contributed by atoms with Crippen molar-refractivity contribution in [2.45, 2.75) is 30.5 Å². The summed E-state index contributed by atoms with van der Waals surface area (Å²) in [6, 6.07) is 9.20. The third-order valence-corrected chi connectivity index (χ3v) is 4.44. The van der Waals surface area contributed by atoms with Gasteiger partial charge in [0.25, 0.3) is 5.56 Å². The Bertz CT molecular complexity index is 907. The molecule has 2 heterocycles. The second kappa shape index (κ2) is 6.96. The monoisotopic (exact) mass is 362 g/mol. The molecule has 1 aromatic heterocycles. The van der Waals surface area contributed by atoms with E-state index in [2.05, 4.69) is 0 Å². The maximum Gasteiger partial charge on any atom is 0.330 e. The Balaban J connectivity index is 2.10. The Morgan fingerprint density at radius 2 is 1.88 bits per heavy atom. The van der Waals surface area contributed by atoms with Crippen LogP contribution in [0.1, 0.15) is 16.8 Å². The molecule has 3 rings (SSSR count). The van der Waals surface area contributed by atoms with Gasteiger partial charge in [-0.05, 0) is 0 Å². The highest BCUT2D eigenvalue weighted by Crippen LogP contribution is 2.38. The highest BCUT2D eigenvalue weighted by atomic mass is 16.6. The van der Waals surface area contributed by atoms with Gasteiger partial charge in [0.1, 0.15) is 18.3 Å². The van der Waals surface area contributed by atoms with Crippen molar-refractivity contribution in [3.8, 4) is 0 Å². The second-order valence-electron chi connectivity index (χ2n) is 6.07. The number of aromatic nitrogens is 2. The first-order valence-electron chi connectivity index (χ1n) is 7.94. The summed E-state index contributed by atoms with van der Waals surface area (Å²) in [7, 11) is 0. The second-order valence-corrected chi connectivity index (χ2v) is 6.07. The summed E-state index contributed by atoms with van der Waals surface area (Å²) >= 11 is 0. The lowest BCUT2D eigenvalue weighted by molar-refractivity contribution is -0.148. The number of benzene rings is 1. The van der Waals surface area contributed by atoms with Gasteiger partial charge in [0.05, 0.1) is 13.0 Å². The van der Waals surface area contributed by atoms with E-state index >= 15 is 0 Å². The summed E-state index contributed by atoms with van der Waals surface area (Å²) in [5, 5.41) is 30.1. The van der Waals surface area contributed by atoms with Gasteiger partial charge >= 0.3 is 5.69 Å².